The van der Waals surface area contributed by atoms with Gasteiger partial charge < -0.3 is 14.6 Å². The normalized spacial score (nSPS) is 23.5. The molecule has 104 valence electrons. The number of carbonyl (C=O) groups is 1. The molecule has 4 nitrogen and oxygen atoms in total. The van der Waals surface area contributed by atoms with Gasteiger partial charge in [-0.2, -0.15) is 13.2 Å². The molecule has 2 unspecified atom stereocenters. The van der Waals surface area contributed by atoms with Gasteiger partial charge in [-0.25, -0.2) is 4.79 Å². The van der Waals surface area contributed by atoms with Crippen molar-refractivity contribution in [3.05, 3.63) is 35.4 Å². The molecule has 1 fully saturated rings. The second-order valence-corrected chi connectivity index (χ2v) is 4.12. The number of halogens is 3. The summed E-state index contributed by atoms with van der Waals surface area (Å²) >= 11 is 0. The van der Waals surface area contributed by atoms with Crippen LogP contribution in [0.15, 0.2) is 24.3 Å². The van der Waals surface area contributed by atoms with Crippen LogP contribution in [-0.4, -0.2) is 30.1 Å². The van der Waals surface area contributed by atoms with E-state index in [2.05, 4.69) is 0 Å². The molecule has 1 aromatic carbocycles. The second kappa shape index (κ2) is 5.18. The Morgan fingerprint density at radius 1 is 1.32 bits per heavy atom. The Morgan fingerprint density at radius 2 is 1.95 bits per heavy atom. The molecular weight excluding hydrogens is 265 g/mol. The van der Waals surface area contributed by atoms with Crippen LogP contribution in [0.1, 0.15) is 11.1 Å². The Morgan fingerprint density at radius 3 is 2.42 bits per heavy atom. The number of carboxylic acids is 1. The van der Waals surface area contributed by atoms with Gasteiger partial charge >= 0.3 is 12.1 Å². The number of hydrogen-bond donors (Lipinski definition) is 1. The fraction of sp³-hybridized carbons (Fsp3) is 0.417. The lowest BCUT2D eigenvalue weighted by molar-refractivity contribution is -0.150. The fourth-order valence-corrected chi connectivity index (χ4v) is 1.72. The van der Waals surface area contributed by atoms with E-state index in [9.17, 15) is 18.0 Å². The highest BCUT2D eigenvalue weighted by Crippen LogP contribution is 2.29. The quantitative estimate of drug-likeness (QED) is 0.918. The van der Waals surface area contributed by atoms with Crippen LogP contribution >= 0.6 is 0 Å². The summed E-state index contributed by atoms with van der Waals surface area (Å²) < 4.78 is 47.2. The maximum Gasteiger partial charge on any atom is 0.416 e. The molecule has 7 heteroatoms. The largest absolute Gasteiger partial charge is 0.479 e. The van der Waals surface area contributed by atoms with Crippen molar-refractivity contribution >= 4 is 5.97 Å². The first-order valence-corrected chi connectivity index (χ1v) is 5.52. The lowest BCUT2D eigenvalue weighted by Gasteiger charge is -2.11. The summed E-state index contributed by atoms with van der Waals surface area (Å²) in [6.07, 6.45) is -5.91. The highest BCUT2D eigenvalue weighted by Gasteiger charge is 2.32. The van der Waals surface area contributed by atoms with Crippen molar-refractivity contribution in [1.29, 1.82) is 0 Å². The summed E-state index contributed by atoms with van der Waals surface area (Å²) in [4.78, 5) is 10.6. The third-order valence-corrected chi connectivity index (χ3v) is 2.71. The van der Waals surface area contributed by atoms with Crippen molar-refractivity contribution in [1.82, 2.24) is 0 Å². The topological polar surface area (TPSA) is 55.8 Å². The van der Waals surface area contributed by atoms with Gasteiger partial charge in [0.2, 0.25) is 0 Å². The summed E-state index contributed by atoms with van der Waals surface area (Å²) in [7, 11) is 0. The minimum Gasteiger partial charge on any atom is -0.479 e. The van der Waals surface area contributed by atoms with Gasteiger partial charge in [0.15, 0.2) is 12.4 Å². The molecule has 0 aliphatic carbocycles. The van der Waals surface area contributed by atoms with Crippen LogP contribution < -0.4 is 0 Å². The van der Waals surface area contributed by atoms with Gasteiger partial charge in [0, 0.05) is 6.42 Å². The molecule has 0 spiro atoms. The van der Waals surface area contributed by atoms with Gasteiger partial charge in [-0.1, -0.05) is 12.1 Å². The first-order chi connectivity index (χ1) is 8.86. The molecule has 1 aliphatic heterocycles. The highest BCUT2D eigenvalue weighted by atomic mass is 19.4. The zero-order valence-electron chi connectivity index (χ0n) is 9.68. The highest BCUT2D eigenvalue weighted by molar-refractivity contribution is 5.72. The lowest BCUT2D eigenvalue weighted by Crippen LogP contribution is -2.23. The van der Waals surface area contributed by atoms with Crippen LogP contribution in [0, 0.1) is 0 Å². The van der Waals surface area contributed by atoms with Crippen LogP contribution in [0.2, 0.25) is 0 Å². The molecule has 0 aromatic heterocycles. The van der Waals surface area contributed by atoms with E-state index in [4.69, 9.17) is 14.6 Å². The van der Waals surface area contributed by atoms with Crippen molar-refractivity contribution in [3.63, 3.8) is 0 Å². The summed E-state index contributed by atoms with van der Waals surface area (Å²) in [5.74, 6) is -1.12. The van der Waals surface area contributed by atoms with Crippen LogP contribution in [0.5, 0.6) is 0 Å². The first-order valence-electron chi connectivity index (χ1n) is 5.52. The van der Waals surface area contributed by atoms with E-state index in [-0.39, 0.29) is 13.0 Å². The Bertz CT molecular complexity index is 455. The molecule has 1 aromatic rings. The van der Waals surface area contributed by atoms with Crippen LogP contribution in [-0.2, 0) is 26.9 Å². The molecule has 1 heterocycles. The molecule has 1 saturated heterocycles. The number of alkyl halides is 3. The van der Waals surface area contributed by atoms with Gasteiger partial charge in [0.1, 0.15) is 0 Å². The molecule has 0 saturated carbocycles. The minimum atomic E-state index is -4.37. The molecule has 2 atom stereocenters. The van der Waals surface area contributed by atoms with Gasteiger partial charge in [-0.3, -0.25) is 0 Å². The van der Waals surface area contributed by atoms with Gasteiger partial charge in [-0.15, -0.1) is 0 Å². The molecule has 0 radical (unpaired) electrons. The number of ether oxygens (including phenoxy) is 2. The summed E-state index contributed by atoms with van der Waals surface area (Å²) in [5.41, 5.74) is -0.142. The zero-order chi connectivity index (χ0) is 14.0. The van der Waals surface area contributed by atoms with E-state index in [1.54, 1.807) is 0 Å². The van der Waals surface area contributed by atoms with Gasteiger partial charge in [0.25, 0.3) is 0 Å². The summed E-state index contributed by atoms with van der Waals surface area (Å²) in [6.45, 7) is -0.0549. The Labute approximate surface area is 106 Å². The first kappa shape index (κ1) is 13.8. The van der Waals surface area contributed by atoms with Gasteiger partial charge in [-0.05, 0) is 17.7 Å². The maximum absolute atomic E-state index is 12.3. The van der Waals surface area contributed by atoms with Crippen LogP contribution in [0.25, 0.3) is 0 Å². The average Bonchev–Trinajstić information content (AvgIpc) is 2.77. The molecule has 1 aliphatic rings. The van der Waals surface area contributed by atoms with Gasteiger partial charge in [0.05, 0.1) is 12.2 Å². The standard InChI is InChI=1S/C12H11F3O4/c13-12(14,15)8-3-1-7(2-4-8)5-10-18-6-9(19-10)11(16)17/h1-4,9-10H,5-6H2,(H,16,17). The predicted octanol–water partition coefficient (Wildman–Crippen LogP) is 2.07. The van der Waals surface area contributed by atoms with Crippen LogP contribution in [0.3, 0.4) is 0 Å². The predicted molar refractivity (Wildman–Crippen MR) is 57.4 cm³/mol. The number of aliphatic carboxylic acids is 1. The Kier molecular flexibility index (Phi) is 3.77. The number of rotatable bonds is 3. The van der Waals surface area contributed by atoms with Crippen molar-refractivity contribution in [2.24, 2.45) is 0 Å². The van der Waals surface area contributed by atoms with E-state index in [1.165, 1.54) is 12.1 Å². The molecule has 0 bridgehead atoms. The number of benzene rings is 1. The molecule has 19 heavy (non-hydrogen) atoms. The van der Waals surface area contributed by atoms with Crippen molar-refractivity contribution in [2.75, 3.05) is 6.61 Å². The third-order valence-electron chi connectivity index (χ3n) is 2.71. The van der Waals surface area contributed by atoms with Crippen LogP contribution in [0.4, 0.5) is 13.2 Å². The zero-order valence-corrected chi connectivity index (χ0v) is 9.68. The second-order valence-electron chi connectivity index (χ2n) is 4.12. The van der Waals surface area contributed by atoms with E-state index in [1.807, 2.05) is 0 Å². The lowest BCUT2D eigenvalue weighted by atomic mass is 10.1. The maximum atomic E-state index is 12.3. The Hall–Kier alpha value is -1.60. The fourth-order valence-electron chi connectivity index (χ4n) is 1.72. The Balaban J connectivity index is 1.96. The van der Waals surface area contributed by atoms with Crippen molar-refractivity contribution in [2.45, 2.75) is 25.0 Å². The number of hydrogen-bond acceptors (Lipinski definition) is 3. The third kappa shape index (κ3) is 3.45. The van der Waals surface area contributed by atoms with E-state index in [0.29, 0.717) is 5.56 Å². The molecule has 2 rings (SSSR count). The van der Waals surface area contributed by atoms with E-state index in [0.717, 1.165) is 12.1 Å². The monoisotopic (exact) mass is 276 g/mol. The van der Waals surface area contributed by atoms with Crippen molar-refractivity contribution in [3.8, 4) is 0 Å². The molecule has 0 amide bonds. The summed E-state index contributed by atoms with van der Waals surface area (Å²) in [5, 5.41) is 8.69. The summed E-state index contributed by atoms with van der Waals surface area (Å²) in [6, 6.07) is 4.59. The number of carboxylic acid groups (broad SMARTS) is 1. The molecular formula is C12H11F3O4. The average molecular weight is 276 g/mol. The SMILES string of the molecule is O=C(O)C1COC(Cc2ccc(C(F)(F)F)cc2)O1. The minimum absolute atomic E-state index is 0.0549. The smallest absolute Gasteiger partial charge is 0.416 e. The van der Waals surface area contributed by atoms with E-state index >= 15 is 0 Å². The molecule has 1 N–H and O–H groups in total. The van der Waals surface area contributed by atoms with Crippen molar-refractivity contribution < 1.29 is 32.5 Å². The van der Waals surface area contributed by atoms with E-state index < -0.39 is 30.1 Å².